The fourth-order valence-corrected chi connectivity index (χ4v) is 7.05. The summed E-state index contributed by atoms with van der Waals surface area (Å²) in [4.78, 5) is 17.2. The van der Waals surface area contributed by atoms with E-state index in [0.717, 1.165) is 59.6 Å². The Labute approximate surface area is 266 Å². The van der Waals surface area contributed by atoms with Gasteiger partial charge in [-0.3, -0.25) is 4.57 Å². The first-order valence-electron chi connectivity index (χ1n) is 14.4. The van der Waals surface area contributed by atoms with Crippen molar-refractivity contribution in [1.29, 1.82) is 0 Å². The molecule has 12 heteroatoms. The zero-order valence-corrected chi connectivity index (χ0v) is 26.1. The fourth-order valence-electron chi connectivity index (χ4n) is 5.50. The summed E-state index contributed by atoms with van der Waals surface area (Å²) < 4.78 is 48.0. The molecule has 0 atom stereocenters. The molecule has 234 valence electrons. The molecule has 0 bridgehead atoms. The number of alkyl halides is 3. The van der Waals surface area contributed by atoms with E-state index < -0.39 is 18.1 Å². The molecular formula is C33H31F4N5OS2. The van der Waals surface area contributed by atoms with Crippen LogP contribution in [0.15, 0.2) is 83.3 Å². The molecule has 6 nitrogen and oxygen atoms in total. The Morgan fingerprint density at radius 1 is 0.956 bits per heavy atom. The van der Waals surface area contributed by atoms with Gasteiger partial charge in [0.2, 0.25) is 0 Å². The molecule has 0 spiro atoms. The molecule has 45 heavy (non-hydrogen) atoms. The Morgan fingerprint density at radius 3 is 2.20 bits per heavy atom. The van der Waals surface area contributed by atoms with Crippen LogP contribution in [-0.4, -0.2) is 44.5 Å². The van der Waals surface area contributed by atoms with Gasteiger partial charge in [-0.25, -0.2) is 9.37 Å². The lowest BCUT2D eigenvalue weighted by Crippen LogP contribution is -2.27. The number of halogens is 4. The maximum absolute atomic E-state index is 14.1. The number of aldehydes is 1. The van der Waals surface area contributed by atoms with E-state index in [1.807, 2.05) is 47.2 Å². The second kappa shape index (κ2) is 14.1. The Balaban J connectivity index is 0.000000609. The van der Waals surface area contributed by atoms with Gasteiger partial charge in [0.1, 0.15) is 17.8 Å². The smallest absolute Gasteiger partial charge is 0.323 e. The van der Waals surface area contributed by atoms with Gasteiger partial charge in [0.15, 0.2) is 11.0 Å². The number of carbonyl (C=O) groups is 1. The van der Waals surface area contributed by atoms with E-state index in [9.17, 15) is 22.4 Å². The van der Waals surface area contributed by atoms with Crippen LogP contribution >= 0.6 is 23.1 Å². The van der Waals surface area contributed by atoms with Crippen molar-refractivity contribution in [3.8, 4) is 28.3 Å². The largest absolute Gasteiger partial charge is 0.400 e. The molecule has 5 aromatic rings. The molecular weight excluding hydrogens is 623 g/mol. The van der Waals surface area contributed by atoms with E-state index >= 15 is 0 Å². The highest BCUT2D eigenvalue weighted by Gasteiger charge is 2.42. The number of aromatic nitrogens is 4. The third-order valence-corrected chi connectivity index (χ3v) is 9.32. The fraction of sp³-hybridized carbons (Fsp3) is 0.273. The lowest BCUT2D eigenvalue weighted by Gasteiger charge is -2.25. The number of aryl methyl sites for hydroxylation is 1. The van der Waals surface area contributed by atoms with Crippen LogP contribution in [-0.2, 0) is 10.2 Å². The van der Waals surface area contributed by atoms with E-state index in [2.05, 4.69) is 45.2 Å². The summed E-state index contributed by atoms with van der Waals surface area (Å²) in [5.41, 5.74) is 9.56. The topological polar surface area (TPSA) is 86.7 Å². The maximum atomic E-state index is 14.1. The molecule has 3 aromatic carbocycles. The summed E-state index contributed by atoms with van der Waals surface area (Å²) >= 11 is 3.16. The van der Waals surface area contributed by atoms with E-state index in [-0.39, 0.29) is 5.82 Å². The van der Waals surface area contributed by atoms with Gasteiger partial charge < -0.3 is 10.5 Å². The molecule has 0 saturated heterocycles. The van der Waals surface area contributed by atoms with Crippen LogP contribution in [0.4, 0.5) is 17.6 Å². The molecule has 2 heterocycles. The number of hydrogen-bond acceptors (Lipinski definition) is 7. The van der Waals surface area contributed by atoms with Crippen LogP contribution in [0.25, 0.3) is 28.3 Å². The van der Waals surface area contributed by atoms with Crippen LogP contribution in [0.1, 0.15) is 41.8 Å². The highest BCUT2D eigenvalue weighted by atomic mass is 32.2. The number of carbonyl (C=O) groups excluding carboxylic acids is 1. The van der Waals surface area contributed by atoms with E-state index in [0.29, 0.717) is 16.7 Å². The zero-order chi connectivity index (χ0) is 32.0. The average molecular weight is 654 g/mol. The number of nitrogens with zero attached hydrogens (tertiary/aromatic N) is 4. The van der Waals surface area contributed by atoms with Crippen molar-refractivity contribution in [3.05, 3.63) is 100 Å². The molecule has 2 N–H and O–H groups in total. The van der Waals surface area contributed by atoms with Gasteiger partial charge in [-0.2, -0.15) is 13.2 Å². The van der Waals surface area contributed by atoms with Gasteiger partial charge in [0.05, 0.1) is 22.7 Å². The SMILES string of the molecule is Cc1nc(-c2nnc(SCCCCCC3(C=O)c4ccccc4-c4ccccc43)n2-c2cccc(F)c2)cs1.NCC(F)(F)F. The number of nitrogens with two attached hydrogens (primary N) is 1. The Bertz CT molecular complexity index is 1720. The van der Waals surface area contributed by atoms with E-state index in [1.54, 1.807) is 29.2 Å². The number of fused-ring (bicyclic) bond motifs is 3. The first-order valence-corrected chi connectivity index (χ1v) is 16.2. The Kier molecular flexibility index (Phi) is 10.2. The summed E-state index contributed by atoms with van der Waals surface area (Å²) in [7, 11) is 0. The Hall–Kier alpha value is -3.87. The van der Waals surface area contributed by atoms with Gasteiger partial charge in [0, 0.05) is 11.1 Å². The highest BCUT2D eigenvalue weighted by Crippen LogP contribution is 2.50. The van der Waals surface area contributed by atoms with Crippen molar-refractivity contribution in [1.82, 2.24) is 19.7 Å². The first-order chi connectivity index (χ1) is 21.7. The summed E-state index contributed by atoms with van der Waals surface area (Å²) in [6, 6.07) is 23.0. The van der Waals surface area contributed by atoms with E-state index in [1.165, 1.54) is 23.3 Å². The van der Waals surface area contributed by atoms with E-state index in [4.69, 9.17) is 0 Å². The molecule has 0 radical (unpaired) electrons. The predicted octanol–water partition coefficient (Wildman–Crippen LogP) is 8.16. The summed E-state index contributed by atoms with van der Waals surface area (Å²) in [5.74, 6) is 1.14. The molecule has 1 aliphatic carbocycles. The minimum absolute atomic E-state index is 0.309. The zero-order valence-electron chi connectivity index (χ0n) is 24.4. The average Bonchev–Trinajstić information content (AvgIpc) is 3.73. The van der Waals surface area contributed by atoms with Crippen molar-refractivity contribution in [3.63, 3.8) is 0 Å². The van der Waals surface area contributed by atoms with Crippen LogP contribution in [0, 0.1) is 12.7 Å². The normalized spacial score (nSPS) is 13.1. The third kappa shape index (κ3) is 7.18. The van der Waals surface area contributed by atoms with Gasteiger partial charge in [0.25, 0.3) is 0 Å². The van der Waals surface area contributed by atoms with Gasteiger partial charge in [-0.1, -0.05) is 79.2 Å². The molecule has 0 unspecified atom stereocenters. The third-order valence-electron chi connectivity index (χ3n) is 7.53. The van der Waals surface area contributed by atoms with Gasteiger partial charge in [-0.05, 0) is 60.2 Å². The van der Waals surface area contributed by atoms with Crippen molar-refractivity contribution >= 4 is 29.4 Å². The monoisotopic (exact) mass is 653 g/mol. The van der Waals surface area contributed by atoms with Crippen LogP contribution < -0.4 is 5.73 Å². The number of thioether (sulfide) groups is 1. The number of benzene rings is 3. The van der Waals surface area contributed by atoms with Crippen molar-refractivity contribution in [2.24, 2.45) is 5.73 Å². The molecule has 0 saturated carbocycles. The van der Waals surface area contributed by atoms with Gasteiger partial charge >= 0.3 is 6.18 Å². The second-order valence-corrected chi connectivity index (χ2v) is 12.7. The molecule has 6 rings (SSSR count). The molecule has 2 aromatic heterocycles. The lowest BCUT2D eigenvalue weighted by molar-refractivity contribution is -0.118. The number of rotatable bonds is 10. The minimum Gasteiger partial charge on any atom is -0.323 e. The Morgan fingerprint density at radius 2 is 1.62 bits per heavy atom. The summed E-state index contributed by atoms with van der Waals surface area (Å²) in [6.45, 7) is 0.719. The van der Waals surface area contributed by atoms with Crippen LogP contribution in [0.2, 0.25) is 0 Å². The predicted molar refractivity (Wildman–Crippen MR) is 170 cm³/mol. The van der Waals surface area contributed by atoms with Crippen LogP contribution in [0.5, 0.6) is 0 Å². The number of thiazole rings is 1. The van der Waals surface area contributed by atoms with Crippen molar-refractivity contribution in [2.75, 3.05) is 12.3 Å². The standard InChI is InChI=1S/C31H27FN4OS2.C2H4F3N/c1-21-33-28(19-39-21)29-34-35-30(36(29)23-11-9-10-22(32)18-23)38-17-8-2-7-16-31(20-37)26-14-5-3-12-24(26)25-13-4-6-15-27(25)31;3-2(4,5)1-6/h3-6,9-15,18-20H,2,7-8,16-17H2,1H3;1,6H2. The minimum atomic E-state index is -4.18. The highest BCUT2D eigenvalue weighted by molar-refractivity contribution is 7.99. The molecule has 1 aliphatic rings. The lowest BCUT2D eigenvalue weighted by atomic mass is 9.75. The van der Waals surface area contributed by atoms with Crippen molar-refractivity contribution in [2.45, 2.75) is 49.4 Å². The molecule has 0 amide bonds. The quantitative estimate of drug-likeness (QED) is 0.0709. The summed E-state index contributed by atoms with van der Waals surface area (Å²) in [5, 5.41) is 12.4. The maximum Gasteiger partial charge on any atom is 0.400 e. The van der Waals surface area contributed by atoms with Crippen LogP contribution in [0.3, 0.4) is 0 Å². The van der Waals surface area contributed by atoms with Crippen molar-refractivity contribution < 1.29 is 22.4 Å². The molecule has 0 aliphatic heterocycles. The molecule has 0 fully saturated rings. The summed E-state index contributed by atoms with van der Waals surface area (Å²) in [6.07, 6.45) is 0.628. The number of unbranched alkanes of at least 4 members (excludes halogenated alkanes) is 2. The second-order valence-electron chi connectivity index (χ2n) is 10.5. The number of hydrogen-bond donors (Lipinski definition) is 1. The van der Waals surface area contributed by atoms with Gasteiger partial charge in [-0.15, -0.1) is 21.5 Å². The first kappa shape index (κ1) is 32.5.